The maximum Gasteiger partial charge on any atom is 0.323 e. The normalized spacial score (nSPS) is 12.4. The van der Waals surface area contributed by atoms with E-state index in [2.05, 4.69) is 17.3 Å². The van der Waals surface area contributed by atoms with E-state index in [1.807, 2.05) is 0 Å². The number of hydrogen-bond acceptors (Lipinski definition) is 6. The molecule has 0 aromatic carbocycles. The molecule has 1 aromatic rings. The lowest BCUT2D eigenvalue weighted by Gasteiger charge is -2.09. The van der Waals surface area contributed by atoms with E-state index in [1.54, 1.807) is 30.0 Å². The number of rotatable bonds is 8. The highest BCUT2D eigenvalue weighted by Gasteiger charge is 2.14. The van der Waals surface area contributed by atoms with Crippen molar-refractivity contribution < 1.29 is 9.53 Å². The average molecular weight is 288 g/mol. The number of carbonyl (C=O) groups is 1. The van der Waals surface area contributed by atoms with Crippen LogP contribution in [-0.2, 0) is 21.7 Å². The van der Waals surface area contributed by atoms with Crippen molar-refractivity contribution in [2.75, 3.05) is 12.4 Å². The van der Waals surface area contributed by atoms with Crippen molar-refractivity contribution in [1.82, 2.24) is 4.98 Å². The molecule has 6 heteroatoms. The minimum absolute atomic E-state index is 0.324. The van der Waals surface area contributed by atoms with Crippen molar-refractivity contribution in [2.24, 2.45) is 5.73 Å². The van der Waals surface area contributed by atoms with Gasteiger partial charge in [0.15, 0.2) is 0 Å². The number of nitrogens with zero attached hydrogens (tertiary/aromatic N) is 1. The molecule has 1 unspecified atom stereocenters. The minimum atomic E-state index is -0.538. The van der Waals surface area contributed by atoms with Crippen LogP contribution in [0, 0.1) is 0 Å². The molecule has 0 amide bonds. The van der Waals surface area contributed by atoms with Gasteiger partial charge in [0.05, 0.1) is 17.3 Å². The molecule has 0 radical (unpaired) electrons. The number of hydrogen-bond donors (Lipinski definition) is 1. The number of nitrogens with two attached hydrogens (primary N) is 1. The summed E-state index contributed by atoms with van der Waals surface area (Å²) in [6, 6.07) is -0.538. The monoisotopic (exact) mass is 288 g/mol. The lowest BCUT2D eigenvalue weighted by molar-refractivity contribution is -0.144. The second kappa shape index (κ2) is 8.50. The predicted molar refractivity (Wildman–Crippen MR) is 76.9 cm³/mol. The van der Waals surface area contributed by atoms with E-state index in [4.69, 9.17) is 10.5 Å². The Kier molecular flexibility index (Phi) is 7.31. The van der Waals surface area contributed by atoms with Gasteiger partial charge in [0.2, 0.25) is 0 Å². The number of thioether (sulfide) groups is 1. The first kappa shape index (κ1) is 15.5. The Morgan fingerprint density at radius 2 is 2.39 bits per heavy atom. The van der Waals surface area contributed by atoms with Crippen molar-refractivity contribution in [3.05, 3.63) is 16.1 Å². The summed E-state index contributed by atoms with van der Waals surface area (Å²) in [7, 11) is 0. The van der Waals surface area contributed by atoms with Gasteiger partial charge < -0.3 is 10.5 Å². The third-order valence-electron chi connectivity index (χ3n) is 2.20. The van der Waals surface area contributed by atoms with Crippen LogP contribution in [0.5, 0.6) is 0 Å². The smallest absolute Gasteiger partial charge is 0.323 e. The molecular formula is C12H20N2O2S2. The Morgan fingerprint density at radius 1 is 1.61 bits per heavy atom. The van der Waals surface area contributed by atoms with Crippen LogP contribution < -0.4 is 5.73 Å². The highest BCUT2D eigenvalue weighted by molar-refractivity contribution is 7.98. The van der Waals surface area contributed by atoms with Gasteiger partial charge in [-0.15, -0.1) is 11.3 Å². The number of ether oxygens (including phenoxy) is 1. The van der Waals surface area contributed by atoms with Crippen molar-refractivity contribution >= 4 is 29.1 Å². The SMILES string of the molecule is CCCc1nc(CSCC(N)C(=O)OCC)cs1. The number of carbonyl (C=O) groups excluding carboxylic acids is 1. The summed E-state index contributed by atoms with van der Waals surface area (Å²) in [5, 5.41) is 3.26. The first-order chi connectivity index (χ1) is 8.67. The number of aromatic nitrogens is 1. The van der Waals surface area contributed by atoms with E-state index in [9.17, 15) is 4.79 Å². The summed E-state index contributed by atoms with van der Waals surface area (Å²) in [6.07, 6.45) is 2.16. The van der Waals surface area contributed by atoms with Crippen molar-refractivity contribution in [2.45, 2.75) is 38.5 Å². The van der Waals surface area contributed by atoms with E-state index >= 15 is 0 Å². The molecule has 1 heterocycles. The molecule has 4 nitrogen and oxygen atoms in total. The zero-order valence-corrected chi connectivity index (χ0v) is 12.5. The zero-order valence-electron chi connectivity index (χ0n) is 10.8. The maximum atomic E-state index is 11.3. The Hall–Kier alpha value is -0.590. The molecule has 0 aliphatic rings. The van der Waals surface area contributed by atoms with Crippen LogP contribution in [0.3, 0.4) is 0 Å². The van der Waals surface area contributed by atoms with Crippen LogP contribution in [0.2, 0.25) is 0 Å². The van der Waals surface area contributed by atoms with Gasteiger partial charge in [-0.2, -0.15) is 11.8 Å². The summed E-state index contributed by atoms with van der Waals surface area (Å²) in [4.78, 5) is 15.8. The maximum absolute atomic E-state index is 11.3. The van der Waals surface area contributed by atoms with Gasteiger partial charge in [-0.25, -0.2) is 4.98 Å². The highest BCUT2D eigenvalue weighted by Crippen LogP contribution is 2.17. The Balaban J connectivity index is 2.26. The second-order valence-corrected chi connectivity index (χ2v) is 5.83. The Bertz CT molecular complexity index is 369. The molecule has 0 aliphatic heterocycles. The molecule has 18 heavy (non-hydrogen) atoms. The summed E-state index contributed by atoms with van der Waals surface area (Å²) >= 11 is 3.32. The number of esters is 1. The summed E-state index contributed by atoms with van der Waals surface area (Å²) in [5.41, 5.74) is 6.78. The van der Waals surface area contributed by atoms with Gasteiger partial charge in [-0.05, 0) is 19.8 Å². The van der Waals surface area contributed by atoms with Gasteiger partial charge in [-0.1, -0.05) is 6.92 Å². The van der Waals surface area contributed by atoms with E-state index in [0.717, 1.165) is 24.3 Å². The fourth-order valence-electron chi connectivity index (χ4n) is 1.35. The van der Waals surface area contributed by atoms with E-state index in [-0.39, 0.29) is 5.97 Å². The summed E-state index contributed by atoms with van der Waals surface area (Å²) < 4.78 is 4.85. The van der Waals surface area contributed by atoms with Crippen LogP contribution in [0.4, 0.5) is 0 Å². The van der Waals surface area contributed by atoms with Crippen LogP contribution in [0.15, 0.2) is 5.38 Å². The molecule has 1 rings (SSSR count). The molecule has 0 aliphatic carbocycles. The van der Waals surface area contributed by atoms with Crippen LogP contribution in [-0.4, -0.2) is 29.4 Å². The Labute approximate surface area is 116 Å². The summed E-state index contributed by atoms with van der Waals surface area (Å²) in [6.45, 7) is 4.31. The standard InChI is InChI=1S/C12H20N2O2S2/c1-3-5-11-14-9(7-18-11)6-17-8-10(13)12(15)16-4-2/h7,10H,3-6,8,13H2,1-2H3. The third kappa shape index (κ3) is 5.37. The van der Waals surface area contributed by atoms with Crippen LogP contribution >= 0.6 is 23.1 Å². The minimum Gasteiger partial charge on any atom is -0.465 e. The average Bonchev–Trinajstić information content (AvgIpc) is 2.77. The molecule has 2 N–H and O–H groups in total. The van der Waals surface area contributed by atoms with Gasteiger partial charge in [0, 0.05) is 16.9 Å². The lowest BCUT2D eigenvalue weighted by Crippen LogP contribution is -2.34. The van der Waals surface area contributed by atoms with Crippen LogP contribution in [0.25, 0.3) is 0 Å². The predicted octanol–water partition coefficient (Wildman–Crippen LogP) is 2.22. The van der Waals surface area contributed by atoms with E-state index in [0.29, 0.717) is 12.4 Å². The topological polar surface area (TPSA) is 65.2 Å². The van der Waals surface area contributed by atoms with Gasteiger partial charge in [0.25, 0.3) is 0 Å². The zero-order chi connectivity index (χ0) is 13.4. The summed E-state index contributed by atoms with van der Waals surface area (Å²) in [5.74, 6) is 1.04. The molecule has 1 atom stereocenters. The second-order valence-electron chi connectivity index (χ2n) is 3.86. The lowest BCUT2D eigenvalue weighted by atomic mass is 10.3. The third-order valence-corrected chi connectivity index (χ3v) is 4.25. The van der Waals surface area contributed by atoms with Crippen LogP contribution in [0.1, 0.15) is 31.0 Å². The number of aryl methyl sites for hydroxylation is 1. The van der Waals surface area contributed by atoms with Gasteiger partial charge in [0.1, 0.15) is 6.04 Å². The Morgan fingerprint density at radius 3 is 3.06 bits per heavy atom. The molecular weight excluding hydrogens is 268 g/mol. The molecule has 0 bridgehead atoms. The fraction of sp³-hybridized carbons (Fsp3) is 0.667. The highest BCUT2D eigenvalue weighted by atomic mass is 32.2. The van der Waals surface area contributed by atoms with E-state index < -0.39 is 6.04 Å². The van der Waals surface area contributed by atoms with Gasteiger partial charge in [-0.3, -0.25) is 4.79 Å². The molecule has 1 aromatic heterocycles. The fourth-order valence-corrected chi connectivity index (χ4v) is 3.22. The number of thiazole rings is 1. The first-order valence-electron chi connectivity index (χ1n) is 6.10. The molecule has 0 saturated carbocycles. The molecule has 0 fully saturated rings. The molecule has 102 valence electrons. The van der Waals surface area contributed by atoms with Crippen molar-refractivity contribution in [1.29, 1.82) is 0 Å². The first-order valence-corrected chi connectivity index (χ1v) is 8.14. The van der Waals surface area contributed by atoms with Crippen molar-refractivity contribution in [3.63, 3.8) is 0 Å². The van der Waals surface area contributed by atoms with Gasteiger partial charge >= 0.3 is 5.97 Å². The molecule has 0 saturated heterocycles. The largest absolute Gasteiger partial charge is 0.465 e. The molecule has 0 spiro atoms. The van der Waals surface area contributed by atoms with Crippen molar-refractivity contribution in [3.8, 4) is 0 Å². The quantitative estimate of drug-likeness (QED) is 0.743. The van der Waals surface area contributed by atoms with E-state index in [1.165, 1.54) is 5.01 Å².